The first kappa shape index (κ1) is 15.5. The van der Waals surface area contributed by atoms with Crippen molar-refractivity contribution in [2.45, 2.75) is 58.1 Å². The van der Waals surface area contributed by atoms with E-state index in [9.17, 15) is 9.59 Å². The van der Waals surface area contributed by atoms with E-state index in [0.29, 0.717) is 19.4 Å². The van der Waals surface area contributed by atoms with Crippen LogP contribution in [0, 0.1) is 0 Å². The summed E-state index contributed by atoms with van der Waals surface area (Å²) in [6, 6.07) is 0. The Morgan fingerprint density at radius 3 is 2.42 bits per heavy atom. The van der Waals surface area contributed by atoms with Crippen LogP contribution in [-0.4, -0.2) is 29.7 Å². The molecule has 0 atom stereocenters. The summed E-state index contributed by atoms with van der Waals surface area (Å²) in [5.41, 5.74) is -1.30. The quantitative estimate of drug-likeness (QED) is 0.593. The van der Waals surface area contributed by atoms with E-state index in [0.717, 1.165) is 6.42 Å². The number of hydrogen-bond donors (Lipinski definition) is 2. The molecular weight excluding hydrogens is 244 g/mol. The summed E-state index contributed by atoms with van der Waals surface area (Å²) >= 11 is 0. The minimum atomic E-state index is -0.752. The lowest BCUT2D eigenvalue weighted by Crippen LogP contribution is -2.50. The van der Waals surface area contributed by atoms with Crippen molar-refractivity contribution in [2.24, 2.45) is 0 Å². The molecule has 108 valence electrons. The van der Waals surface area contributed by atoms with Crippen molar-refractivity contribution >= 4 is 12.0 Å². The fourth-order valence-electron chi connectivity index (χ4n) is 1.64. The van der Waals surface area contributed by atoms with E-state index in [2.05, 4.69) is 10.6 Å². The second-order valence-corrected chi connectivity index (χ2v) is 5.82. The summed E-state index contributed by atoms with van der Waals surface area (Å²) in [7, 11) is 0. The zero-order valence-electron chi connectivity index (χ0n) is 12.2. The van der Waals surface area contributed by atoms with Crippen LogP contribution < -0.4 is 10.6 Å². The van der Waals surface area contributed by atoms with Crippen LogP contribution in [-0.2, 0) is 9.53 Å². The second kappa shape index (κ2) is 6.08. The third-order valence-electron chi connectivity index (χ3n) is 2.76. The number of allylic oxidation sites excluding steroid dienone is 1. The SMILES string of the molecule is CC=CCCNC(=O)C1(NC(=O)OC(C)(C)C)CC1. The van der Waals surface area contributed by atoms with Crippen molar-refractivity contribution in [3.8, 4) is 0 Å². The molecule has 5 heteroatoms. The van der Waals surface area contributed by atoms with Crippen LogP contribution in [0.1, 0.15) is 47.0 Å². The number of carbonyl (C=O) groups is 2. The number of alkyl carbamates (subject to hydrolysis) is 1. The van der Waals surface area contributed by atoms with E-state index in [1.807, 2.05) is 19.1 Å². The molecule has 0 aliphatic heterocycles. The van der Waals surface area contributed by atoms with Crippen LogP contribution in [0.25, 0.3) is 0 Å². The number of amides is 2. The highest BCUT2D eigenvalue weighted by Crippen LogP contribution is 2.35. The molecule has 2 amide bonds. The summed E-state index contributed by atoms with van der Waals surface area (Å²) in [5, 5.41) is 5.50. The molecule has 1 aliphatic carbocycles. The van der Waals surface area contributed by atoms with Gasteiger partial charge in [-0.25, -0.2) is 4.79 Å². The minimum absolute atomic E-state index is 0.122. The molecule has 0 aromatic carbocycles. The lowest BCUT2D eigenvalue weighted by Gasteiger charge is -2.23. The molecule has 0 unspecified atom stereocenters. The maximum Gasteiger partial charge on any atom is 0.408 e. The van der Waals surface area contributed by atoms with Crippen molar-refractivity contribution < 1.29 is 14.3 Å². The van der Waals surface area contributed by atoms with Crippen LogP contribution >= 0.6 is 0 Å². The molecule has 1 aliphatic rings. The highest BCUT2D eigenvalue weighted by Gasteiger charge is 2.51. The molecule has 1 fully saturated rings. The van der Waals surface area contributed by atoms with Crippen LogP contribution in [0.5, 0.6) is 0 Å². The van der Waals surface area contributed by atoms with Gasteiger partial charge in [-0.1, -0.05) is 12.2 Å². The molecule has 19 heavy (non-hydrogen) atoms. The Morgan fingerprint density at radius 1 is 1.32 bits per heavy atom. The van der Waals surface area contributed by atoms with Gasteiger partial charge in [0.1, 0.15) is 11.1 Å². The van der Waals surface area contributed by atoms with Crippen molar-refractivity contribution in [2.75, 3.05) is 6.54 Å². The van der Waals surface area contributed by atoms with Gasteiger partial charge >= 0.3 is 6.09 Å². The zero-order valence-corrected chi connectivity index (χ0v) is 12.2. The Balaban J connectivity index is 2.39. The van der Waals surface area contributed by atoms with Gasteiger partial charge in [0.25, 0.3) is 0 Å². The van der Waals surface area contributed by atoms with Gasteiger partial charge in [-0.15, -0.1) is 0 Å². The van der Waals surface area contributed by atoms with Crippen LogP contribution in [0.2, 0.25) is 0 Å². The third kappa shape index (κ3) is 5.32. The van der Waals surface area contributed by atoms with Crippen molar-refractivity contribution in [3.05, 3.63) is 12.2 Å². The van der Waals surface area contributed by atoms with Gasteiger partial charge < -0.3 is 15.4 Å². The molecule has 0 bridgehead atoms. The molecule has 0 radical (unpaired) electrons. The van der Waals surface area contributed by atoms with Crippen LogP contribution in [0.3, 0.4) is 0 Å². The number of rotatable bonds is 5. The normalized spacial score (nSPS) is 17.1. The molecule has 0 aromatic rings. The Labute approximate surface area is 114 Å². The van der Waals surface area contributed by atoms with Gasteiger partial charge in [-0.05, 0) is 47.0 Å². The first-order chi connectivity index (χ1) is 8.79. The van der Waals surface area contributed by atoms with Crippen LogP contribution in [0.4, 0.5) is 4.79 Å². The van der Waals surface area contributed by atoms with Crippen molar-refractivity contribution in [3.63, 3.8) is 0 Å². The second-order valence-electron chi connectivity index (χ2n) is 5.82. The summed E-state index contributed by atoms with van der Waals surface area (Å²) in [4.78, 5) is 23.7. The largest absolute Gasteiger partial charge is 0.444 e. The fraction of sp³-hybridized carbons (Fsp3) is 0.714. The van der Waals surface area contributed by atoms with E-state index in [1.54, 1.807) is 20.8 Å². The molecule has 1 rings (SSSR count). The Bertz CT molecular complexity index is 365. The number of hydrogen-bond acceptors (Lipinski definition) is 3. The average Bonchev–Trinajstić information content (AvgIpc) is 3.02. The summed E-state index contributed by atoms with van der Waals surface area (Å²) < 4.78 is 5.17. The third-order valence-corrected chi connectivity index (χ3v) is 2.76. The summed E-state index contributed by atoms with van der Waals surface area (Å²) in [5.74, 6) is -0.122. The topological polar surface area (TPSA) is 67.4 Å². The molecule has 0 aromatic heterocycles. The monoisotopic (exact) mass is 268 g/mol. The minimum Gasteiger partial charge on any atom is -0.444 e. The van der Waals surface area contributed by atoms with Crippen molar-refractivity contribution in [1.29, 1.82) is 0 Å². The van der Waals surface area contributed by atoms with Gasteiger partial charge in [-0.2, -0.15) is 0 Å². The zero-order chi connectivity index (χ0) is 14.5. The molecule has 2 N–H and O–H groups in total. The van der Waals surface area contributed by atoms with Gasteiger partial charge in [-0.3, -0.25) is 4.79 Å². The first-order valence-corrected chi connectivity index (χ1v) is 6.70. The standard InChI is InChI=1S/C14H24N2O3/c1-5-6-7-10-15-11(17)14(8-9-14)16-12(18)19-13(2,3)4/h5-6H,7-10H2,1-4H3,(H,15,17)(H,16,18). The molecular formula is C14H24N2O3. The molecule has 1 saturated carbocycles. The highest BCUT2D eigenvalue weighted by atomic mass is 16.6. The maximum atomic E-state index is 12.0. The number of carbonyl (C=O) groups excluding carboxylic acids is 2. The Kier molecular flexibility index (Phi) is 4.97. The van der Waals surface area contributed by atoms with E-state index in [1.165, 1.54) is 0 Å². The van der Waals surface area contributed by atoms with E-state index in [4.69, 9.17) is 4.74 Å². The fourth-order valence-corrected chi connectivity index (χ4v) is 1.64. The molecule has 0 spiro atoms. The number of nitrogens with one attached hydrogen (secondary N) is 2. The van der Waals surface area contributed by atoms with Gasteiger partial charge in [0.2, 0.25) is 5.91 Å². The first-order valence-electron chi connectivity index (χ1n) is 6.70. The van der Waals surface area contributed by atoms with E-state index < -0.39 is 17.2 Å². The maximum absolute atomic E-state index is 12.0. The molecule has 5 nitrogen and oxygen atoms in total. The number of ether oxygens (including phenoxy) is 1. The van der Waals surface area contributed by atoms with Crippen molar-refractivity contribution in [1.82, 2.24) is 10.6 Å². The predicted molar refractivity (Wildman–Crippen MR) is 73.8 cm³/mol. The Hall–Kier alpha value is -1.52. The lowest BCUT2D eigenvalue weighted by molar-refractivity contribution is -0.124. The van der Waals surface area contributed by atoms with Gasteiger partial charge in [0.05, 0.1) is 0 Å². The Morgan fingerprint density at radius 2 is 1.95 bits per heavy atom. The van der Waals surface area contributed by atoms with Gasteiger partial charge in [0.15, 0.2) is 0 Å². The molecule has 0 heterocycles. The summed E-state index contributed by atoms with van der Waals surface area (Å²) in [6.07, 6.45) is 5.53. The highest BCUT2D eigenvalue weighted by molar-refractivity contribution is 5.92. The average molecular weight is 268 g/mol. The van der Waals surface area contributed by atoms with Gasteiger partial charge in [0, 0.05) is 6.54 Å². The predicted octanol–water partition coefficient (Wildman–Crippen LogP) is 2.13. The van der Waals surface area contributed by atoms with Crippen LogP contribution in [0.15, 0.2) is 12.2 Å². The van der Waals surface area contributed by atoms with E-state index >= 15 is 0 Å². The molecule has 0 saturated heterocycles. The lowest BCUT2D eigenvalue weighted by atomic mass is 10.2. The smallest absolute Gasteiger partial charge is 0.408 e. The van der Waals surface area contributed by atoms with E-state index in [-0.39, 0.29) is 5.91 Å². The summed E-state index contributed by atoms with van der Waals surface area (Å²) in [6.45, 7) is 7.91.